The quantitative estimate of drug-likeness (QED) is 0.862. The van der Waals surface area contributed by atoms with Crippen molar-refractivity contribution in [1.82, 2.24) is 19.6 Å². The summed E-state index contributed by atoms with van der Waals surface area (Å²) in [4.78, 5) is 0. The average molecular weight is 233 g/mol. The van der Waals surface area contributed by atoms with Crippen LogP contribution in [-0.4, -0.2) is 19.6 Å². The second kappa shape index (κ2) is 4.71. The van der Waals surface area contributed by atoms with Crippen molar-refractivity contribution in [3.63, 3.8) is 0 Å². The van der Waals surface area contributed by atoms with Gasteiger partial charge in [-0.3, -0.25) is 9.36 Å². The molecule has 0 aliphatic rings. The van der Waals surface area contributed by atoms with Crippen LogP contribution in [0.3, 0.4) is 0 Å². The molecular weight excluding hydrogens is 214 g/mol. The van der Waals surface area contributed by atoms with Crippen LogP contribution in [0.5, 0.6) is 0 Å². The number of nitrogens with zero attached hydrogens (tertiary/aromatic N) is 4. The van der Waals surface area contributed by atoms with E-state index in [9.17, 15) is 0 Å². The highest BCUT2D eigenvalue weighted by molar-refractivity contribution is 5.22. The Morgan fingerprint density at radius 1 is 1.35 bits per heavy atom. The van der Waals surface area contributed by atoms with Crippen molar-refractivity contribution in [3.05, 3.63) is 35.4 Å². The first-order valence-electron chi connectivity index (χ1n) is 5.87. The second-order valence-electron chi connectivity index (χ2n) is 4.32. The second-order valence-corrected chi connectivity index (χ2v) is 4.32. The minimum Gasteiger partial charge on any atom is -0.324 e. The first-order valence-corrected chi connectivity index (χ1v) is 5.87. The van der Waals surface area contributed by atoms with Crippen LogP contribution < -0.4 is 5.73 Å². The highest BCUT2D eigenvalue weighted by Crippen LogP contribution is 2.18. The molecule has 2 heterocycles. The zero-order chi connectivity index (χ0) is 12.4. The molecule has 17 heavy (non-hydrogen) atoms. The van der Waals surface area contributed by atoms with Crippen LogP contribution in [-0.2, 0) is 20.0 Å². The Bertz CT molecular complexity index is 497. The van der Waals surface area contributed by atoms with Gasteiger partial charge >= 0.3 is 0 Å². The molecule has 0 saturated carbocycles. The molecule has 0 radical (unpaired) electrons. The van der Waals surface area contributed by atoms with Crippen molar-refractivity contribution < 1.29 is 0 Å². The summed E-state index contributed by atoms with van der Waals surface area (Å²) in [6, 6.07) is -0.0155. The Morgan fingerprint density at radius 3 is 2.65 bits per heavy atom. The highest BCUT2D eigenvalue weighted by Gasteiger charge is 2.13. The number of nitrogens with two attached hydrogens (primary N) is 1. The molecule has 5 nitrogen and oxygen atoms in total. The Labute approximate surface area is 101 Å². The van der Waals surface area contributed by atoms with E-state index in [2.05, 4.69) is 17.1 Å². The van der Waals surface area contributed by atoms with Gasteiger partial charge in [0.1, 0.15) is 0 Å². The molecule has 1 unspecified atom stereocenters. The standard InChI is InChI=1S/C12H19N5/c1-4-17-8-10(6-15-17)5-12(13)11-7-14-16(3)9(11)2/h6-8,12H,4-5,13H2,1-3H3. The molecule has 0 aromatic carbocycles. The fourth-order valence-electron chi connectivity index (χ4n) is 1.93. The minimum atomic E-state index is -0.0155. The molecule has 0 saturated heterocycles. The number of aryl methyl sites for hydroxylation is 2. The fraction of sp³-hybridized carbons (Fsp3) is 0.500. The third kappa shape index (κ3) is 2.39. The number of hydrogen-bond donors (Lipinski definition) is 1. The zero-order valence-electron chi connectivity index (χ0n) is 10.6. The summed E-state index contributed by atoms with van der Waals surface area (Å²) in [5, 5.41) is 8.47. The summed E-state index contributed by atoms with van der Waals surface area (Å²) < 4.78 is 3.77. The molecule has 1 atom stereocenters. The predicted octanol–water partition coefficient (Wildman–Crippen LogP) is 1.19. The summed E-state index contributed by atoms with van der Waals surface area (Å²) >= 11 is 0. The third-order valence-electron chi connectivity index (χ3n) is 3.14. The van der Waals surface area contributed by atoms with Gasteiger partial charge in [-0.1, -0.05) is 0 Å². The summed E-state index contributed by atoms with van der Waals surface area (Å²) in [6.07, 6.45) is 6.58. The lowest BCUT2D eigenvalue weighted by Crippen LogP contribution is -2.14. The van der Waals surface area contributed by atoms with Crippen LogP contribution in [0.1, 0.15) is 29.8 Å². The minimum absolute atomic E-state index is 0.0155. The first kappa shape index (κ1) is 11.9. The molecule has 0 amide bonds. The highest BCUT2D eigenvalue weighted by atomic mass is 15.3. The zero-order valence-corrected chi connectivity index (χ0v) is 10.6. The van der Waals surface area contributed by atoms with Crippen molar-refractivity contribution >= 4 is 0 Å². The van der Waals surface area contributed by atoms with Crippen LogP contribution in [0.2, 0.25) is 0 Å². The van der Waals surface area contributed by atoms with Crippen molar-refractivity contribution in [2.75, 3.05) is 0 Å². The van der Waals surface area contributed by atoms with E-state index in [0.717, 1.165) is 24.2 Å². The van der Waals surface area contributed by atoms with Crippen LogP contribution in [0.15, 0.2) is 18.6 Å². The van der Waals surface area contributed by atoms with Crippen LogP contribution in [0, 0.1) is 6.92 Å². The Morgan fingerprint density at radius 2 is 2.12 bits per heavy atom. The molecule has 0 fully saturated rings. The topological polar surface area (TPSA) is 61.7 Å². The molecule has 92 valence electrons. The van der Waals surface area contributed by atoms with E-state index in [4.69, 9.17) is 5.73 Å². The molecule has 5 heteroatoms. The molecule has 0 spiro atoms. The van der Waals surface area contributed by atoms with Gasteiger partial charge in [0.25, 0.3) is 0 Å². The van der Waals surface area contributed by atoms with Crippen molar-refractivity contribution in [2.45, 2.75) is 32.9 Å². The van der Waals surface area contributed by atoms with E-state index < -0.39 is 0 Å². The largest absolute Gasteiger partial charge is 0.324 e. The lowest BCUT2D eigenvalue weighted by molar-refractivity contribution is 0.657. The number of aromatic nitrogens is 4. The van der Waals surface area contributed by atoms with Crippen LogP contribution >= 0.6 is 0 Å². The van der Waals surface area contributed by atoms with E-state index >= 15 is 0 Å². The van der Waals surface area contributed by atoms with Gasteiger partial charge in [-0.05, 0) is 25.8 Å². The van der Waals surface area contributed by atoms with Crippen LogP contribution in [0.25, 0.3) is 0 Å². The van der Waals surface area contributed by atoms with Gasteiger partial charge in [0.2, 0.25) is 0 Å². The molecule has 0 bridgehead atoms. The van der Waals surface area contributed by atoms with E-state index in [-0.39, 0.29) is 6.04 Å². The van der Waals surface area contributed by atoms with E-state index in [0.29, 0.717) is 0 Å². The van der Waals surface area contributed by atoms with Gasteiger partial charge in [0.05, 0.1) is 12.4 Å². The van der Waals surface area contributed by atoms with Crippen molar-refractivity contribution in [1.29, 1.82) is 0 Å². The van der Waals surface area contributed by atoms with Crippen LogP contribution in [0.4, 0.5) is 0 Å². The third-order valence-corrected chi connectivity index (χ3v) is 3.14. The first-order chi connectivity index (χ1) is 8.11. The SMILES string of the molecule is CCn1cc(CC(N)c2cnn(C)c2C)cn1. The lowest BCUT2D eigenvalue weighted by atomic mass is 10.0. The summed E-state index contributed by atoms with van der Waals surface area (Å²) in [5.41, 5.74) is 9.60. The van der Waals surface area contributed by atoms with Gasteiger partial charge in [-0.25, -0.2) is 0 Å². The molecular formula is C12H19N5. The maximum atomic E-state index is 6.20. The Balaban J connectivity index is 2.11. The fourth-order valence-corrected chi connectivity index (χ4v) is 1.93. The molecule has 2 rings (SSSR count). The molecule has 2 aromatic heterocycles. The van der Waals surface area contributed by atoms with Gasteiger partial charge < -0.3 is 5.73 Å². The van der Waals surface area contributed by atoms with E-state index in [1.54, 1.807) is 0 Å². The van der Waals surface area contributed by atoms with Crippen molar-refractivity contribution in [3.8, 4) is 0 Å². The summed E-state index contributed by atoms with van der Waals surface area (Å²) in [6.45, 7) is 5.00. The maximum absolute atomic E-state index is 6.20. The Hall–Kier alpha value is -1.62. The lowest BCUT2D eigenvalue weighted by Gasteiger charge is -2.09. The summed E-state index contributed by atoms with van der Waals surface area (Å²) in [7, 11) is 1.93. The number of rotatable bonds is 4. The van der Waals surface area contributed by atoms with Gasteiger partial charge in [-0.15, -0.1) is 0 Å². The Kier molecular flexibility index (Phi) is 3.28. The monoisotopic (exact) mass is 233 g/mol. The predicted molar refractivity (Wildman–Crippen MR) is 66.5 cm³/mol. The molecule has 2 N–H and O–H groups in total. The number of hydrogen-bond acceptors (Lipinski definition) is 3. The van der Waals surface area contributed by atoms with Gasteiger partial charge in [-0.2, -0.15) is 10.2 Å². The van der Waals surface area contributed by atoms with E-state index in [1.807, 2.05) is 41.9 Å². The normalized spacial score (nSPS) is 12.9. The van der Waals surface area contributed by atoms with Gasteiger partial charge in [0, 0.05) is 37.1 Å². The molecule has 0 aliphatic heterocycles. The maximum Gasteiger partial charge on any atom is 0.0540 e. The average Bonchev–Trinajstić information content (AvgIpc) is 2.88. The molecule has 0 aliphatic carbocycles. The van der Waals surface area contributed by atoms with Crippen molar-refractivity contribution in [2.24, 2.45) is 12.8 Å². The summed E-state index contributed by atoms with van der Waals surface area (Å²) in [5.74, 6) is 0. The van der Waals surface area contributed by atoms with Gasteiger partial charge in [0.15, 0.2) is 0 Å². The smallest absolute Gasteiger partial charge is 0.0540 e. The van der Waals surface area contributed by atoms with E-state index in [1.165, 1.54) is 5.56 Å². The molecule has 2 aromatic rings.